The van der Waals surface area contributed by atoms with E-state index in [1.807, 2.05) is 17.6 Å². The van der Waals surface area contributed by atoms with Crippen molar-refractivity contribution in [1.29, 1.82) is 5.26 Å². The van der Waals surface area contributed by atoms with E-state index in [9.17, 15) is 4.79 Å². The van der Waals surface area contributed by atoms with Gasteiger partial charge in [-0.15, -0.1) is 11.6 Å². The Morgan fingerprint density at radius 2 is 2.38 bits per heavy atom. The number of thiazole rings is 1. The molecule has 0 aliphatic heterocycles. The van der Waals surface area contributed by atoms with Crippen LogP contribution in [0, 0.1) is 11.3 Å². The standard InChI is InChI=1S/C14H11ClN4OS/c1-8(15)13-18-11-3-2-9(5-16)4-12(11)19(13)6-10-7-21-14(20)17-10/h2-4,7-8H,6H2,1H3,(H,17,20). The summed E-state index contributed by atoms with van der Waals surface area (Å²) in [5, 5.41) is 10.6. The second kappa shape index (κ2) is 5.35. The lowest BCUT2D eigenvalue weighted by atomic mass is 10.2. The van der Waals surface area contributed by atoms with Crippen molar-refractivity contribution in [2.45, 2.75) is 18.8 Å². The smallest absolute Gasteiger partial charge is 0.304 e. The first-order valence-electron chi connectivity index (χ1n) is 6.29. The molecule has 1 aromatic carbocycles. The average molecular weight is 319 g/mol. The summed E-state index contributed by atoms with van der Waals surface area (Å²) in [6.07, 6.45) is 0. The lowest BCUT2D eigenvalue weighted by Gasteiger charge is -2.09. The highest BCUT2D eigenvalue weighted by molar-refractivity contribution is 7.07. The Hall–Kier alpha value is -2.10. The minimum Gasteiger partial charge on any atom is -0.321 e. The van der Waals surface area contributed by atoms with E-state index < -0.39 is 0 Å². The zero-order valence-corrected chi connectivity index (χ0v) is 12.7. The van der Waals surface area contributed by atoms with E-state index in [-0.39, 0.29) is 10.3 Å². The fourth-order valence-corrected chi connectivity index (χ4v) is 2.98. The number of aromatic amines is 1. The molecule has 5 nitrogen and oxygen atoms in total. The van der Waals surface area contributed by atoms with Gasteiger partial charge in [0, 0.05) is 11.1 Å². The van der Waals surface area contributed by atoms with E-state index in [2.05, 4.69) is 16.0 Å². The number of hydrogen-bond acceptors (Lipinski definition) is 4. The van der Waals surface area contributed by atoms with Gasteiger partial charge in [0.1, 0.15) is 5.82 Å². The van der Waals surface area contributed by atoms with Crippen molar-refractivity contribution in [3.8, 4) is 6.07 Å². The second-order valence-corrected chi connectivity index (χ2v) is 6.16. The molecule has 21 heavy (non-hydrogen) atoms. The fourth-order valence-electron chi connectivity index (χ4n) is 2.24. The molecule has 3 rings (SSSR count). The van der Waals surface area contributed by atoms with Gasteiger partial charge in [-0.1, -0.05) is 11.3 Å². The number of aromatic nitrogens is 3. The van der Waals surface area contributed by atoms with Crippen LogP contribution in [0.1, 0.15) is 29.4 Å². The van der Waals surface area contributed by atoms with Gasteiger partial charge < -0.3 is 9.55 Å². The largest absolute Gasteiger partial charge is 0.321 e. The Labute approximate surface area is 129 Å². The van der Waals surface area contributed by atoms with E-state index in [0.717, 1.165) is 28.1 Å². The SMILES string of the molecule is CC(Cl)c1nc2ccc(C#N)cc2n1Cc1csc(=O)[nH]1. The lowest BCUT2D eigenvalue weighted by molar-refractivity contribution is 0.729. The van der Waals surface area contributed by atoms with Gasteiger partial charge in [-0.05, 0) is 25.1 Å². The molecule has 1 N–H and O–H groups in total. The molecule has 2 aromatic heterocycles. The van der Waals surface area contributed by atoms with Crippen molar-refractivity contribution in [2.24, 2.45) is 0 Å². The van der Waals surface area contributed by atoms with Crippen LogP contribution in [0.4, 0.5) is 0 Å². The van der Waals surface area contributed by atoms with Crippen molar-refractivity contribution in [3.63, 3.8) is 0 Å². The summed E-state index contributed by atoms with van der Waals surface area (Å²) in [4.78, 5) is 18.5. The maximum Gasteiger partial charge on any atom is 0.304 e. The predicted molar refractivity (Wildman–Crippen MR) is 82.8 cm³/mol. The van der Waals surface area contributed by atoms with Crippen molar-refractivity contribution in [3.05, 3.63) is 50.3 Å². The quantitative estimate of drug-likeness (QED) is 0.754. The molecule has 0 aliphatic carbocycles. The van der Waals surface area contributed by atoms with Crippen LogP contribution in [-0.4, -0.2) is 14.5 Å². The third-order valence-electron chi connectivity index (χ3n) is 3.16. The van der Waals surface area contributed by atoms with Crippen LogP contribution < -0.4 is 4.87 Å². The molecule has 1 atom stereocenters. The third kappa shape index (κ3) is 2.58. The van der Waals surface area contributed by atoms with E-state index in [1.54, 1.807) is 17.5 Å². The Balaban J connectivity index is 2.19. The first-order chi connectivity index (χ1) is 10.1. The molecule has 1 unspecified atom stereocenters. The summed E-state index contributed by atoms with van der Waals surface area (Å²) >= 11 is 7.33. The Kier molecular flexibility index (Phi) is 3.53. The molecule has 0 fully saturated rings. The monoisotopic (exact) mass is 318 g/mol. The highest BCUT2D eigenvalue weighted by Crippen LogP contribution is 2.26. The first kappa shape index (κ1) is 13.9. The summed E-state index contributed by atoms with van der Waals surface area (Å²) in [6, 6.07) is 7.45. The van der Waals surface area contributed by atoms with Gasteiger partial charge in [0.15, 0.2) is 0 Å². The number of rotatable bonds is 3. The first-order valence-corrected chi connectivity index (χ1v) is 7.61. The van der Waals surface area contributed by atoms with Gasteiger partial charge in [0.2, 0.25) is 0 Å². The maximum absolute atomic E-state index is 11.3. The molecule has 0 aliphatic rings. The minimum absolute atomic E-state index is 0.0902. The summed E-state index contributed by atoms with van der Waals surface area (Å²) < 4.78 is 1.94. The van der Waals surface area contributed by atoms with Gasteiger partial charge in [0.25, 0.3) is 0 Å². The number of imidazole rings is 1. The van der Waals surface area contributed by atoms with Crippen molar-refractivity contribution in [2.75, 3.05) is 0 Å². The maximum atomic E-state index is 11.3. The summed E-state index contributed by atoms with van der Waals surface area (Å²) in [7, 11) is 0. The zero-order valence-electron chi connectivity index (χ0n) is 11.1. The van der Waals surface area contributed by atoms with Crippen LogP contribution in [0.15, 0.2) is 28.4 Å². The van der Waals surface area contributed by atoms with E-state index >= 15 is 0 Å². The number of alkyl halides is 1. The van der Waals surface area contributed by atoms with Gasteiger partial charge in [-0.3, -0.25) is 4.79 Å². The molecule has 0 bridgehead atoms. The number of nitriles is 1. The number of nitrogens with one attached hydrogen (secondary N) is 1. The normalized spacial score (nSPS) is 12.4. The molecular formula is C14H11ClN4OS. The van der Waals surface area contributed by atoms with Crippen molar-refractivity contribution >= 4 is 34.0 Å². The van der Waals surface area contributed by atoms with Crippen molar-refractivity contribution in [1.82, 2.24) is 14.5 Å². The summed E-state index contributed by atoms with van der Waals surface area (Å²) in [5.74, 6) is 0.716. The Morgan fingerprint density at radius 1 is 1.57 bits per heavy atom. The molecule has 0 saturated carbocycles. The predicted octanol–water partition coefficient (Wildman–Crippen LogP) is 3.01. The molecule has 0 amide bonds. The molecule has 0 saturated heterocycles. The van der Waals surface area contributed by atoms with Crippen LogP contribution in [-0.2, 0) is 6.54 Å². The molecule has 7 heteroatoms. The number of halogens is 1. The highest BCUT2D eigenvalue weighted by atomic mass is 35.5. The van der Waals surface area contributed by atoms with Gasteiger partial charge in [-0.25, -0.2) is 4.98 Å². The number of nitrogens with zero attached hydrogens (tertiary/aromatic N) is 3. The number of hydrogen-bond donors (Lipinski definition) is 1. The Morgan fingerprint density at radius 3 is 3.00 bits per heavy atom. The molecule has 0 spiro atoms. The van der Waals surface area contributed by atoms with Gasteiger partial charge >= 0.3 is 4.87 Å². The summed E-state index contributed by atoms with van der Waals surface area (Å²) in [6.45, 7) is 2.32. The second-order valence-electron chi connectivity index (χ2n) is 4.66. The topological polar surface area (TPSA) is 74.5 Å². The zero-order chi connectivity index (χ0) is 15.0. The highest BCUT2D eigenvalue weighted by Gasteiger charge is 2.16. The molecule has 106 valence electrons. The van der Waals surface area contributed by atoms with Crippen molar-refractivity contribution < 1.29 is 0 Å². The van der Waals surface area contributed by atoms with Gasteiger partial charge in [0.05, 0.1) is 34.6 Å². The van der Waals surface area contributed by atoms with E-state index in [4.69, 9.17) is 16.9 Å². The van der Waals surface area contributed by atoms with E-state index in [0.29, 0.717) is 17.9 Å². The van der Waals surface area contributed by atoms with Crippen LogP contribution in [0.5, 0.6) is 0 Å². The average Bonchev–Trinajstić information content (AvgIpc) is 3.03. The van der Waals surface area contributed by atoms with Gasteiger partial charge in [-0.2, -0.15) is 5.26 Å². The van der Waals surface area contributed by atoms with Crippen LogP contribution in [0.3, 0.4) is 0 Å². The lowest BCUT2D eigenvalue weighted by Crippen LogP contribution is -2.07. The minimum atomic E-state index is -0.270. The fraction of sp³-hybridized carbons (Fsp3) is 0.214. The Bertz CT molecular complexity index is 900. The van der Waals surface area contributed by atoms with Crippen LogP contribution >= 0.6 is 22.9 Å². The molecule has 3 aromatic rings. The number of H-pyrrole nitrogens is 1. The van der Waals surface area contributed by atoms with Crippen LogP contribution in [0.25, 0.3) is 11.0 Å². The number of benzene rings is 1. The molecule has 2 heterocycles. The van der Waals surface area contributed by atoms with Crippen LogP contribution in [0.2, 0.25) is 0 Å². The number of fused-ring (bicyclic) bond motifs is 1. The molecular weight excluding hydrogens is 308 g/mol. The molecule has 0 radical (unpaired) electrons. The summed E-state index contributed by atoms with van der Waals surface area (Å²) in [5.41, 5.74) is 2.99. The third-order valence-corrected chi connectivity index (χ3v) is 4.08. The van der Waals surface area contributed by atoms with E-state index in [1.165, 1.54) is 0 Å².